The number of nitrogens with zero attached hydrogens (tertiary/aromatic N) is 2. The van der Waals surface area contributed by atoms with E-state index in [1.807, 2.05) is 13.8 Å². The first-order valence-electron chi connectivity index (χ1n) is 7.96. The Hall–Kier alpha value is -1.83. The van der Waals surface area contributed by atoms with Crippen LogP contribution in [0.1, 0.15) is 37.2 Å². The molecule has 1 saturated heterocycles. The third-order valence-corrected chi connectivity index (χ3v) is 3.56. The van der Waals surface area contributed by atoms with Gasteiger partial charge >= 0.3 is 6.18 Å². The van der Waals surface area contributed by atoms with Crippen LogP contribution in [0.3, 0.4) is 0 Å². The fraction of sp³-hybridized carbons (Fsp3) is 0.625. The maximum atomic E-state index is 12.5. The molecule has 134 valence electrons. The normalized spacial score (nSPS) is 19.3. The minimum Gasteiger partial charge on any atom is -0.475 e. The lowest BCUT2D eigenvalue weighted by Gasteiger charge is -2.33. The Balaban J connectivity index is 1.94. The van der Waals surface area contributed by atoms with Crippen LogP contribution in [0.2, 0.25) is 0 Å². The van der Waals surface area contributed by atoms with Gasteiger partial charge in [-0.15, -0.1) is 0 Å². The molecule has 1 aliphatic heterocycles. The highest BCUT2D eigenvalue weighted by atomic mass is 19.4. The van der Waals surface area contributed by atoms with Crippen molar-refractivity contribution in [2.24, 2.45) is 0 Å². The summed E-state index contributed by atoms with van der Waals surface area (Å²) < 4.78 is 42.9. The van der Waals surface area contributed by atoms with E-state index in [9.17, 15) is 18.0 Å². The van der Waals surface area contributed by atoms with Crippen LogP contribution in [-0.2, 0) is 0 Å². The number of alkyl halides is 3. The number of amides is 1. The van der Waals surface area contributed by atoms with Crippen molar-refractivity contribution in [1.29, 1.82) is 0 Å². The molecular weight excluding hydrogens is 323 g/mol. The van der Waals surface area contributed by atoms with Crippen molar-refractivity contribution in [3.05, 3.63) is 23.9 Å². The minimum absolute atomic E-state index is 0.0647. The lowest BCUT2D eigenvalue weighted by atomic mass is 10.1. The number of aromatic nitrogens is 1. The summed E-state index contributed by atoms with van der Waals surface area (Å²) in [4.78, 5) is 17.7. The standard InChI is InChI=1S/C16H22F3N3O2/c1-11(2)24-14-7-3-6-13(21-14)15(23)20-12-5-4-8-22(9-12)10-16(17,18)19/h3,6-7,11-12H,4-5,8-10H2,1-2H3,(H,20,23). The van der Waals surface area contributed by atoms with Gasteiger partial charge in [0.25, 0.3) is 5.91 Å². The highest BCUT2D eigenvalue weighted by molar-refractivity contribution is 5.92. The number of halogens is 3. The summed E-state index contributed by atoms with van der Waals surface area (Å²) >= 11 is 0. The summed E-state index contributed by atoms with van der Waals surface area (Å²) in [6.07, 6.45) is -3.02. The molecule has 1 fully saturated rings. The van der Waals surface area contributed by atoms with Crippen LogP contribution in [0.5, 0.6) is 5.88 Å². The predicted octanol–water partition coefficient (Wildman–Crippen LogP) is 2.63. The Bertz CT molecular complexity index is 564. The number of pyridine rings is 1. The average molecular weight is 345 g/mol. The summed E-state index contributed by atoms with van der Waals surface area (Å²) in [5.41, 5.74) is 0.195. The molecule has 1 N–H and O–H groups in total. The maximum Gasteiger partial charge on any atom is 0.401 e. The number of carbonyl (C=O) groups is 1. The SMILES string of the molecule is CC(C)Oc1cccc(C(=O)NC2CCCN(CC(F)(F)F)C2)n1. The molecule has 2 rings (SSSR count). The summed E-state index contributed by atoms with van der Waals surface area (Å²) in [5, 5.41) is 2.77. The number of nitrogens with one attached hydrogen (secondary N) is 1. The van der Waals surface area contributed by atoms with Crippen molar-refractivity contribution in [2.45, 2.75) is 45.0 Å². The highest BCUT2D eigenvalue weighted by Gasteiger charge is 2.33. The van der Waals surface area contributed by atoms with Crippen molar-refractivity contribution in [3.63, 3.8) is 0 Å². The molecule has 0 aliphatic carbocycles. The molecule has 24 heavy (non-hydrogen) atoms. The highest BCUT2D eigenvalue weighted by Crippen LogP contribution is 2.20. The van der Waals surface area contributed by atoms with Crippen molar-refractivity contribution in [1.82, 2.24) is 15.2 Å². The van der Waals surface area contributed by atoms with Crippen LogP contribution in [-0.4, -0.2) is 53.7 Å². The van der Waals surface area contributed by atoms with Crippen molar-refractivity contribution >= 4 is 5.91 Å². The van der Waals surface area contributed by atoms with Crippen LogP contribution in [0, 0.1) is 0 Å². The predicted molar refractivity (Wildman–Crippen MR) is 83.0 cm³/mol. The molecule has 1 aromatic rings. The molecule has 1 atom stereocenters. The maximum absolute atomic E-state index is 12.5. The zero-order valence-corrected chi connectivity index (χ0v) is 13.8. The van der Waals surface area contributed by atoms with E-state index >= 15 is 0 Å². The molecule has 0 spiro atoms. The molecule has 0 aromatic carbocycles. The van der Waals surface area contributed by atoms with Gasteiger partial charge in [0.05, 0.1) is 12.6 Å². The van der Waals surface area contributed by atoms with Crippen LogP contribution < -0.4 is 10.1 Å². The summed E-state index contributed by atoms with van der Waals surface area (Å²) in [7, 11) is 0. The molecule has 1 aliphatic rings. The quantitative estimate of drug-likeness (QED) is 0.891. The average Bonchev–Trinajstić information content (AvgIpc) is 2.45. The first-order valence-corrected chi connectivity index (χ1v) is 7.96. The number of piperidine rings is 1. The summed E-state index contributed by atoms with van der Waals surface area (Å²) in [6, 6.07) is 4.56. The number of rotatable bonds is 5. The third kappa shape index (κ3) is 5.99. The first-order chi connectivity index (χ1) is 11.2. The van der Waals surface area contributed by atoms with E-state index in [0.717, 1.165) is 0 Å². The van der Waals surface area contributed by atoms with E-state index in [1.54, 1.807) is 18.2 Å². The number of carbonyl (C=O) groups excluding carboxylic acids is 1. The van der Waals surface area contributed by atoms with Gasteiger partial charge in [-0.3, -0.25) is 9.69 Å². The Labute approximate surface area is 139 Å². The van der Waals surface area contributed by atoms with E-state index < -0.39 is 18.6 Å². The number of hydrogen-bond acceptors (Lipinski definition) is 4. The van der Waals surface area contributed by atoms with Crippen LogP contribution in [0.15, 0.2) is 18.2 Å². The molecule has 1 unspecified atom stereocenters. The molecule has 0 saturated carbocycles. The van der Waals surface area contributed by atoms with Gasteiger partial charge in [0.15, 0.2) is 0 Å². The van der Waals surface area contributed by atoms with Gasteiger partial charge in [-0.2, -0.15) is 13.2 Å². The monoisotopic (exact) mass is 345 g/mol. The van der Waals surface area contributed by atoms with Gasteiger partial charge in [0.1, 0.15) is 5.69 Å². The molecule has 5 nitrogen and oxygen atoms in total. The second kappa shape index (κ2) is 7.83. The van der Waals surface area contributed by atoms with E-state index in [1.165, 1.54) is 4.90 Å². The topological polar surface area (TPSA) is 54.5 Å². The van der Waals surface area contributed by atoms with E-state index in [2.05, 4.69) is 10.3 Å². The number of hydrogen-bond donors (Lipinski definition) is 1. The Morgan fingerprint density at radius 2 is 2.21 bits per heavy atom. The van der Waals surface area contributed by atoms with Crippen molar-refractivity contribution in [3.8, 4) is 5.88 Å². The largest absolute Gasteiger partial charge is 0.475 e. The third-order valence-electron chi connectivity index (χ3n) is 3.56. The molecule has 1 aromatic heterocycles. The molecule has 8 heteroatoms. The van der Waals surface area contributed by atoms with Crippen LogP contribution in [0.4, 0.5) is 13.2 Å². The second-order valence-corrected chi connectivity index (χ2v) is 6.19. The number of ether oxygens (including phenoxy) is 1. The summed E-state index contributed by atoms with van der Waals surface area (Å²) in [5.74, 6) is -0.0527. The van der Waals surface area contributed by atoms with Crippen molar-refractivity contribution in [2.75, 3.05) is 19.6 Å². The fourth-order valence-corrected chi connectivity index (χ4v) is 2.68. The molecular formula is C16H22F3N3O2. The van der Waals surface area contributed by atoms with Gasteiger partial charge in [0, 0.05) is 18.7 Å². The van der Waals surface area contributed by atoms with Gasteiger partial charge in [0.2, 0.25) is 5.88 Å². The van der Waals surface area contributed by atoms with Crippen LogP contribution >= 0.6 is 0 Å². The van der Waals surface area contributed by atoms with E-state index in [0.29, 0.717) is 25.3 Å². The zero-order valence-electron chi connectivity index (χ0n) is 13.8. The molecule has 0 bridgehead atoms. The first kappa shape index (κ1) is 18.5. The van der Waals surface area contributed by atoms with Gasteiger partial charge in [-0.05, 0) is 39.3 Å². The number of likely N-dealkylation sites (tertiary alicyclic amines) is 1. The van der Waals surface area contributed by atoms with Gasteiger partial charge in [-0.25, -0.2) is 4.98 Å². The summed E-state index contributed by atoms with van der Waals surface area (Å²) in [6.45, 7) is 3.34. The van der Waals surface area contributed by atoms with Gasteiger partial charge in [-0.1, -0.05) is 6.07 Å². The molecule has 1 amide bonds. The van der Waals surface area contributed by atoms with Gasteiger partial charge < -0.3 is 10.1 Å². The van der Waals surface area contributed by atoms with E-state index in [-0.39, 0.29) is 24.4 Å². The Kier molecular flexibility index (Phi) is 6.04. The van der Waals surface area contributed by atoms with Crippen LogP contribution in [0.25, 0.3) is 0 Å². The smallest absolute Gasteiger partial charge is 0.401 e. The zero-order chi connectivity index (χ0) is 17.7. The lowest BCUT2D eigenvalue weighted by Crippen LogP contribution is -2.50. The fourth-order valence-electron chi connectivity index (χ4n) is 2.68. The Morgan fingerprint density at radius 3 is 2.88 bits per heavy atom. The second-order valence-electron chi connectivity index (χ2n) is 6.19. The van der Waals surface area contributed by atoms with Crippen molar-refractivity contribution < 1.29 is 22.7 Å². The molecule has 0 radical (unpaired) electrons. The molecule has 2 heterocycles. The Morgan fingerprint density at radius 1 is 1.46 bits per heavy atom. The van der Waals surface area contributed by atoms with E-state index in [4.69, 9.17) is 4.74 Å². The minimum atomic E-state index is -4.23. The lowest BCUT2D eigenvalue weighted by molar-refractivity contribution is -0.148.